The number of hydrogen-bond acceptors (Lipinski definition) is 7. The van der Waals surface area contributed by atoms with Crippen LogP contribution in [0.3, 0.4) is 0 Å². The van der Waals surface area contributed by atoms with Crippen LogP contribution in [-0.4, -0.2) is 22.6 Å². The van der Waals surface area contributed by atoms with E-state index in [9.17, 15) is 13.2 Å². The van der Waals surface area contributed by atoms with Crippen molar-refractivity contribution in [3.05, 3.63) is 41.0 Å². The van der Waals surface area contributed by atoms with Crippen molar-refractivity contribution < 1.29 is 27.3 Å². The van der Waals surface area contributed by atoms with Gasteiger partial charge in [0.15, 0.2) is 5.82 Å². The van der Waals surface area contributed by atoms with E-state index in [1.807, 2.05) is 6.08 Å². The lowest BCUT2D eigenvalue weighted by Crippen LogP contribution is -2.07. The molecule has 2 heterocycles. The number of aromatic nitrogens is 2. The Balaban J connectivity index is 1.69. The molecule has 7 nitrogen and oxygen atoms in total. The third-order valence-electron chi connectivity index (χ3n) is 3.67. The van der Waals surface area contributed by atoms with E-state index in [-0.39, 0.29) is 5.82 Å². The molecule has 0 fully saturated rings. The van der Waals surface area contributed by atoms with Gasteiger partial charge < -0.3 is 14.1 Å². The molecule has 1 aromatic carbocycles. The van der Waals surface area contributed by atoms with Crippen molar-refractivity contribution in [3.63, 3.8) is 0 Å². The molecule has 144 valence electrons. The molecule has 2 aromatic rings. The second-order valence-corrected chi connectivity index (χ2v) is 5.92. The first kappa shape index (κ1) is 18.7. The number of alkyl halides is 3. The molecule has 0 amide bonds. The summed E-state index contributed by atoms with van der Waals surface area (Å²) in [4.78, 5) is 12.5. The van der Waals surface area contributed by atoms with E-state index in [1.54, 1.807) is 32.9 Å². The second kappa shape index (κ2) is 7.29. The van der Waals surface area contributed by atoms with E-state index in [4.69, 9.17) is 9.57 Å². The van der Waals surface area contributed by atoms with Crippen LogP contribution in [0.15, 0.2) is 33.5 Å². The molecule has 0 spiro atoms. The Hall–Kier alpha value is -3.04. The topological polar surface area (TPSA) is 81.8 Å². The van der Waals surface area contributed by atoms with Crippen LogP contribution >= 0.6 is 0 Å². The molecule has 0 unspecified atom stereocenters. The highest BCUT2D eigenvalue weighted by atomic mass is 19.4. The maximum atomic E-state index is 12.6. The summed E-state index contributed by atoms with van der Waals surface area (Å²) in [6, 6.07) is 3.32. The zero-order chi connectivity index (χ0) is 19.6. The number of nitrogens with one attached hydrogen (secondary N) is 1. The number of nitrogens with zero attached hydrogens (tertiary/aromatic N) is 3. The van der Waals surface area contributed by atoms with Gasteiger partial charge in [0.05, 0.1) is 6.61 Å². The summed E-state index contributed by atoms with van der Waals surface area (Å²) in [5.41, 5.74) is 4.61. The number of benzene rings is 1. The number of aryl methyl sites for hydroxylation is 2. The van der Waals surface area contributed by atoms with E-state index in [0.717, 1.165) is 11.1 Å². The van der Waals surface area contributed by atoms with Gasteiger partial charge in [0.1, 0.15) is 5.75 Å². The smallest absolute Gasteiger partial charge is 0.471 e. The van der Waals surface area contributed by atoms with Crippen molar-refractivity contribution in [2.45, 2.75) is 33.4 Å². The maximum absolute atomic E-state index is 12.6. The lowest BCUT2D eigenvalue weighted by molar-refractivity contribution is -0.159. The predicted molar refractivity (Wildman–Crippen MR) is 89.7 cm³/mol. The Bertz CT molecular complexity index is 880. The van der Waals surface area contributed by atoms with Gasteiger partial charge in [-0.2, -0.15) is 23.1 Å². The van der Waals surface area contributed by atoms with Gasteiger partial charge in [0, 0.05) is 18.9 Å². The first-order chi connectivity index (χ1) is 12.7. The van der Waals surface area contributed by atoms with Crippen LogP contribution in [0, 0.1) is 13.8 Å². The Labute approximate surface area is 152 Å². The normalized spacial score (nSPS) is 15.5. The van der Waals surface area contributed by atoms with Crippen LogP contribution in [0.4, 0.5) is 13.2 Å². The second-order valence-electron chi connectivity index (χ2n) is 5.92. The van der Waals surface area contributed by atoms with Gasteiger partial charge in [-0.1, -0.05) is 5.16 Å². The molecule has 10 heteroatoms. The lowest BCUT2D eigenvalue weighted by Gasteiger charge is -2.12. The minimum absolute atomic E-state index is 0.120. The zero-order valence-electron chi connectivity index (χ0n) is 14.8. The Morgan fingerprint density at radius 1 is 1.19 bits per heavy atom. The molecule has 1 aliphatic heterocycles. The highest BCUT2D eigenvalue weighted by Gasteiger charge is 2.38. The molecule has 1 N–H and O–H groups in total. The standard InChI is InChI=1S/C17H17F3N4O3/c1-9-7-12(15-22-16(27-24-15)17(18,19)20)8-10(2)14(9)25-6-4-5-13-21-11(3)26-23-13/h5,7-8,23H,4,6H2,1-3H3. The van der Waals surface area contributed by atoms with Crippen LogP contribution < -0.4 is 10.2 Å². The lowest BCUT2D eigenvalue weighted by atomic mass is 10.1. The van der Waals surface area contributed by atoms with Crippen molar-refractivity contribution in [1.29, 1.82) is 0 Å². The summed E-state index contributed by atoms with van der Waals surface area (Å²) in [5, 5.41) is 3.40. The number of aliphatic imine (C=N–C) groups is 1. The number of hydrogen-bond donors (Lipinski definition) is 1. The monoisotopic (exact) mass is 382 g/mol. The first-order valence-corrected chi connectivity index (χ1v) is 8.07. The fraction of sp³-hybridized carbons (Fsp3) is 0.353. The van der Waals surface area contributed by atoms with Crippen molar-refractivity contribution in [1.82, 2.24) is 15.6 Å². The average Bonchev–Trinajstić information content (AvgIpc) is 3.22. The highest BCUT2D eigenvalue weighted by molar-refractivity contribution is 5.75. The van der Waals surface area contributed by atoms with Crippen LogP contribution in [0.1, 0.15) is 30.4 Å². The summed E-state index contributed by atoms with van der Waals surface area (Å²) < 4.78 is 47.9. The van der Waals surface area contributed by atoms with Gasteiger partial charge >= 0.3 is 12.1 Å². The SMILES string of the molecule is CC1=NC(=CCCOc2c(C)cc(-c3noc(C(F)(F)F)n3)cc2C)NO1. The van der Waals surface area contributed by atoms with Crippen LogP contribution in [0.25, 0.3) is 11.4 Å². The van der Waals surface area contributed by atoms with Gasteiger partial charge in [0.2, 0.25) is 11.7 Å². The van der Waals surface area contributed by atoms with Crippen LogP contribution in [0.2, 0.25) is 0 Å². The van der Waals surface area contributed by atoms with Gasteiger partial charge in [0.25, 0.3) is 0 Å². The maximum Gasteiger partial charge on any atom is 0.471 e. The van der Waals surface area contributed by atoms with E-state index in [0.29, 0.717) is 36.1 Å². The zero-order valence-corrected chi connectivity index (χ0v) is 14.8. The number of rotatable bonds is 5. The molecule has 0 radical (unpaired) electrons. The molecule has 0 aliphatic carbocycles. The molecule has 0 atom stereocenters. The average molecular weight is 382 g/mol. The van der Waals surface area contributed by atoms with E-state index in [1.165, 1.54) is 0 Å². The fourth-order valence-electron chi connectivity index (χ4n) is 2.55. The van der Waals surface area contributed by atoms with Crippen molar-refractivity contribution in [2.24, 2.45) is 4.99 Å². The Kier molecular flexibility index (Phi) is 5.06. The molecular weight excluding hydrogens is 365 g/mol. The third-order valence-corrected chi connectivity index (χ3v) is 3.67. The van der Waals surface area contributed by atoms with Gasteiger partial charge in [-0.25, -0.2) is 5.48 Å². The van der Waals surface area contributed by atoms with Gasteiger partial charge in [-0.05, 0) is 43.2 Å². The Morgan fingerprint density at radius 2 is 1.89 bits per heavy atom. The summed E-state index contributed by atoms with van der Waals surface area (Å²) in [7, 11) is 0. The predicted octanol–water partition coefficient (Wildman–Crippen LogP) is 3.94. The van der Waals surface area contributed by atoms with E-state index in [2.05, 4.69) is 25.1 Å². The van der Waals surface area contributed by atoms with Crippen molar-refractivity contribution in [2.75, 3.05) is 6.61 Å². The quantitative estimate of drug-likeness (QED) is 0.789. The highest BCUT2D eigenvalue weighted by Crippen LogP contribution is 2.32. The molecule has 27 heavy (non-hydrogen) atoms. The number of halogens is 3. The molecule has 0 saturated heterocycles. The van der Waals surface area contributed by atoms with Crippen molar-refractivity contribution in [3.8, 4) is 17.1 Å². The molecule has 0 bridgehead atoms. The molecule has 1 aliphatic rings. The van der Waals surface area contributed by atoms with Gasteiger partial charge in [-0.3, -0.25) is 0 Å². The summed E-state index contributed by atoms with van der Waals surface area (Å²) in [5.74, 6) is 0.331. The number of ether oxygens (including phenoxy) is 1. The first-order valence-electron chi connectivity index (χ1n) is 8.07. The minimum Gasteiger partial charge on any atom is -0.493 e. The Morgan fingerprint density at radius 3 is 2.44 bits per heavy atom. The minimum atomic E-state index is -4.67. The summed E-state index contributed by atoms with van der Waals surface area (Å²) >= 11 is 0. The molecule has 3 rings (SSSR count). The molecule has 1 aromatic heterocycles. The third kappa shape index (κ3) is 4.39. The van der Waals surface area contributed by atoms with E-state index >= 15 is 0 Å². The summed E-state index contributed by atoms with van der Waals surface area (Å²) in [6.07, 6.45) is -2.23. The summed E-state index contributed by atoms with van der Waals surface area (Å²) in [6.45, 7) is 5.74. The van der Waals surface area contributed by atoms with Crippen LogP contribution in [-0.2, 0) is 11.0 Å². The van der Waals surface area contributed by atoms with Crippen LogP contribution in [0.5, 0.6) is 5.75 Å². The van der Waals surface area contributed by atoms with Gasteiger partial charge in [-0.15, -0.1) is 0 Å². The molecular formula is C17H17F3N4O3. The number of hydroxylamine groups is 1. The molecule has 0 saturated carbocycles. The van der Waals surface area contributed by atoms with E-state index < -0.39 is 12.1 Å². The largest absolute Gasteiger partial charge is 0.493 e. The van der Waals surface area contributed by atoms with Crippen molar-refractivity contribution >= 4 is 5.90 Å². The fourth-order valence-corrected chi connectivity index (χ4v) is 2.55.